The van der Waals surface area contributed by atoms with E-state index in [4.69, 9.17) is 21.3 Å². The zero-order chi connectivity index (χ0) is 31.7. The maximum Gasteiger partial charge on any atom is 0.339 e. The number of Topliss-reactive ketones (excluding diaryl/α,β-unsaturated/α-hetero) is 1. The van der Waals surface area contributed by atoms with Crippen molar-refractivity contribution < 1.29 is 23.9 Å². The quantitative estimate of drug-likeness (QED) is 0.0878. The number of rotatable bonds is 6. The Morgan fingerprint density at radius 2 is 1.53 bits per heavy atom. The molecule has 2 bridgehead atoms. The number of anilines is 1. The molecule has 1 saturated heterocycles. The van der Waals surface area contributed by atoms with Crippen molar-refractivity contribution in [1.82, 2.24) is 4.98 Å². The number of amides is 2. The van der Waals surface area contributed by atoms with Crippen molar-refractivity contribution in [3.8, 4) is 11.3 Å². The van der Waals surface area contributed by atoms with Gasteiger partial charge in [-0.2, -0.15) is 0 Å². The highest BCUT2D eigenvalue weighted by Gasteiger charge is 2.66. The second-order valence-corrected chi connectivity index (χ2v) is 14.6. The maximum atomic E-state index is 13.5. The number of hydrogen-bond acceptors (Lipinski definition) is 6. The van der Waals surface area contributed by atoms with Crippen LogP contribution in [0, 0.1) is 37.5 Å². The fourth-order valence-electron chi connectivity index (χ4n) is 7.14. The molecule has 0 radical (unpaired) electrons. The summed E-state index contributed by atoms with van der Waals surface area (Å²) < 4.78 is 5.49. The van der Waals surface area contributed by atoms with E-state index in [0.717, 1.165) is 12.0 Å². The lowest BCUT2D eigenvalue weighted by Crippen LogP contribution is -2.37. The zero-order valence-corrected chi connectivity index (χ0v) is 28.2. The van der Waals surface area contributed by atoms with Gasteiger partial charge in [-0.15, -0.1) is 0 Å². The molecule has 2 saturated carbocycles. The number of fused-ring (bicyclic) bond motifs is 6. The summed E-state index contributed by atoms with van der Waals surface area (Å²) >= 11 is 13.9. The van der Waals surface area contributed by atoms with Crippen molar-refractivity contribution in [3.05, 3.63) is 94.0 Å². The second-order valence-electron chi connectivity index (χ2n) is 12.1. The minimum atomic E-state index is -0.660. The molecule has 0 N–H and O–H groups in total. The molecule has 4 aromatic rings. The van der Waals surface area contributed by atoms with Gasteiger partial charge in [0.25, 0.3) is 0 Å². The predicted octanol–water partition coefficient (Wildman–Crippen LogP) is 7.49. The molecule has 2 aliphatic carbocycles. The third-order valence-corrected chi connectivity index (χ3v) is 13.1. The van der Waals surface area contributed by atoms with Crippen LogP contribution in [0.2, 0.25) is 5.02 Å². The van der Waals surface area contributed by atoms with E-state index in [9.17, 15) is 19.2 Å². The van der Waals surface area contributed by atoms with E-state index in [1.54, 1.807) is 54.6 Å². The van der Waals surface area contributed by atoms with E-state index >= 15 is 0 Å². The first-order chi connectivity index (χ1) is 21.5. The highest BCUT2D eigenvalue weighted by molar-refractivity contribution is 9.12. The van der Waals surface area contributed by atoms with Crippen LogP contribution >= 0.6 is 43.5 Å². The highest BCUT2D eigenvalue weighted by Crippen LogP contribution is 2.60. The number of pyridine rings is 1. The van der Waals surface area contributed by atoms with Gasteiger partial charge in [0.1, 0.15) is 0 Å². The number of carbonyl (C=O) groups is 4. The summed E-state index contributed by atoms with van der Waals surface area (Å²) in [6.07, 6.45) is 0.868. The molecule has 3 aliphatic rings. The van der Waals surface area contributed by atoms with Crippen LogP contribution in [0.15, 0.2) is 66.7 Å². The molecular formula is C35H27Br2ClN2O5. The van der Waals surface area contributed by atoms with Crippen molar-refractivity contribution in [3.63, 3.8) is 0 Å². The van der Waals surface area contributed by atoms with Crippen molar-refractivity contribution in [2.45, 2.75) is 29.9 Å². The molecule has 3 fully saturated rings. The van der Waals surface area contributed by atoms with Gasteiger partial charge < -0.3 is 4.74 Å². The molecule has 228 valence electrons. The average molecular weight is 751 g/mol. The van der Waals surface area contributed by atoms with E-state index < -0.39 is 12.6 Å². The minimum absolute atomic E-state index is 0.132. The SMILES string of the molecule is Cc1ccc(C(=O)COC(=O)c2cc(-c3ccc(N4C(=O)C5C6CC(C(Br)C6Br)C5C4=O)cc3)nc3c(C)c(Cl)ccc23)cc1. The van der Waals surface area contributed by atoms with Gasteiger partial charge in [0, 0.05) is 31.2 Å². The first-order valence-corrected chi connectivity index (χ1v) is 16.9. The summed E-state index contributed by atoms with van der Waals surface area (Å²) in [5.74, 6) is -1.60. The van der Waals surface area contributed by atoms with Crippen molar-refractivity contribution >= 4 is 83.6 Å². The molecule has 2 heterocycles. The summed E-state index contributed by atoms with van der Waals surface area (Å²) in [6, 6.07) is 19.2. The molecule has 1 aromatic heterocycles. The summed E-state index contributed by atoms with van der Waals surface area (Å²) in [6.45, 7) is 3.35. The number of esters is 1. The minimum Gasteiger partial charge on any atom is -0.454 e. The average Bonchev–Trinajstić information content (AvgIpc) is 3.66. The van der Waals surface area contributed by atoms with Crippen LogP contribution in [0.25, 0.3) is 22.2 Å². The number of benzene rings is 3. The fourth-order valence-corrected chi connectivity index (χ4v) is 9.16. The van der Waals surface area contributed by atoms with Gasteiger partial charge in [0.05, 0.1) is 34.3 Å². The Balaban J connectivity index is 1.18. The normalized spacial score (nSPS) is 25.2. The number of carbonyl (C=O) groups excluding carboxylic acids is 4. The van der Waals surface area contributed by atoms with Gasteiger partial charge in [0.2, 0.25) is 11.8 Å². The molecule has 6 atom stereocenters. The summed E-state index contributed by atoms with van der Waals surface area (Å²) in [5.41, 5.74) is 4.62. The molecule has 1 aliphatic heterocycles. The Morgan fingerprint density at radius 3 is 2.16 bits per heavy atom. The molecule has 7 rings (SSSR count). The number of aryl methyl sites for hydroxylation is 2. The van der Waals surface area contributed by atoms with E-state index in [1.165, 1.54) is 4.90 Å². The van der Waals surface area contributed by atoms with E-state index in [-0.39, 0.29) is 56.5 Å². The number of ketones is 1. The van der Waals surface area contributed by atoms with Gasteiger partial charge in [-0.25, -0.2) is 9.78 Å². The number of aromatic nitrogens is 1. The van der Waals surface area contributed by atoms with Crippen molar-refractivity contribution in [2.75, 3.05) is 11.5 Å². The Kier molecular flexibility index (Phi) is 7.69. The third kappa shape index (κ3) is 4.95. The molecule has 3 aromatic carbocycles. The van der Waals surface area contributed by atoms with Gasteiger partial charge in [-0.3, -0.25) is 19.3 Å². The van der Waals surface area contributed by atoms with E-state index in [2.05, 4.69) is 31.9 Å². The molecule has 6 unspecified atom stereocenters. The molecule has 45 heavy (non-hydrogen) atoms. The Hall–Kier alpha value is -3.40. The Labute approximate surface area is 281 Å². The number of halogens is 3. The Bertz CT molecular complexity index is 1880. The van der Waals surface area contributed by atoms with Gasteiger partial charge in [-0.05, 0) is 61.9 Å². The topological polar surface area (TPSA) is 93.6 Å². The smallest absolute Gasteiger partial charge is 0.339 e. The van der Waals surface area contributed by atoms with Crippen LogP contribution in [0.3, 0.4) is 0 Å². The van der Waals surface area contributed by atoms with E-state index in [1.807, 2.05) is 26.0 Å². The number of alkyl halides is 2. The van der Waals surface area contributed by atoms with Gasteiger partial charge in [0.15, 0.2) is 12.4 Å². The van der Waals surface area contributed by atoms with Crippen molar-refractivity contribution in [2.24, 2.45) is 23.7 Å². The van der Waals surface area contributed by atoms with Crippen LogP contribution in [0.4, 0.5) is 5.69 Å². The van der Waals surface area contributed by atoms with Crippen LogP contribution in [-0.2, 0) is 14.3 Å². The monoisotopic (exact) mass is 748 g/mol. The molecule has 10 heteroatoms. The number of nitrogens with zero attached hydrogens (tertiary/aromatic N) is 2. The first kappa shape index (κ1) is 30.3. The lowest BCUT2D eigenvalue weighted by molar-refractivity contribution is -0.123. The third-order valence-electron chi connectivity index (χ3n) is 9.50. The largest absolute Gasteiger partial charge is 0.454 e. The summed E-state index contributed by atoms with van der Waals surface area (Å²) in [7, 11) is 0. The van der Waals surface area contributed by atoms with Crippen LogP contribution in [-0.4, -0.2) is 44.8 Å². The van der Waals surface area contributed by atoms with Crippen LogP contribution in [0.1, 0.15) is 38.3 Å². The van der Waals surface area contributed by atoms with Crippen LogP contribution in [0.5, 0.6) is 0 Å². The molecular weight excluding hydrogens is 724 g/mol. The molecule has 7 nitrogen and oxygen atoms in total. The second kappa shape index (κ2) is 11.4. The van der Waals surface area contributed by atoms with E-state index in [0.29, 0.717) is 44.0 Å². The zero-order valence-electron chi connectivity index (χ0n) is 24.3. The van der Waals surface area contributed by atoms with Crippen molar-refractivity contribution in [1.29, 1.82) is 0 Å². The number of ether oxygens (including phenoxy) is 1. The predicted molar refractivity (Wildman–Crippen MR) is 179 cm³/mol. The molecule has 2 amide bonds. The fraction of sp³-hybridized carbons (Fsp3) is 0.286. The molecule has 0 spiro atoms. The lowest BCUT2D eigenvalue weighted by atomic mass is 9.81. The number of imide groups is 1. The first-order valence-electron chi connectivity index (χ1n) is 14.7. The van der Waals surface area contributed by atoms with Crippen LogP contribution < -0.4 is 4.90 Å². The lowest BCUT2D eigenvalue weighted by Gasteiger charge is -2.28. The maximum absolute atomic E-state index is 13.5. The summed E-state index contributed by atoms with van der Waals surface area (Å²) in [4.78, 5) is 59.6. The highest BCUT2D eigenvalue weighted by atomic mass is 79.9. The standard InChI is InChI=1S/C35H27Br2ClN2O5/c1-16-3-5-19(6-4-16)27(41)15-45-35(44)22-14-26(39-32-17(2)25(38)12-11-21(22)32)18-7-9-20(10-8-18)40-33(42)28-23-13-24(29(28)34(40)43)31(37)30(23)36/h3-12,14,23-24,28-31H,13,15H2,1-2H3. The van der Waals surface area contributed by atoms with Gasteiger partial charge in [-0.1, -0.05) is 91.5 Å². The Morgan fingerprint density at radius 1 is 0.911 bits per heavy atom. The van der Waals surface area contributed by atoms with Gasteiger partial charge >= 0.3 is 5.97 Å². The summed E-state index contributed by atoms with van der Waals surface area (Å²) in [5, 5.41) is 1.05. The number of hydrogen-bond donors (Lipinski definition) is 0.